The van der Waals surface area contributed by atoms with Gasteiger partial charge in [-0.15, -0.1) is 11.8 Å². The molecule has 1 aliphatic rings. The van der Waals surface area contributed by atoms with Gasteiger partial charge in [-0.3, -0.25) is 5.41 Å². The molecule has 3 nitrogen and oxygen atoms in total. The number of nitrogens with two attached hydrogens (primary N) is 1. The molecular weight excluding hydrogens is 230 g/mol. The van der Waals surface area contributed by atoms with Gasteiger partial charge in [0.15, 0.2) is 0 Å². The highest BCUT2D eigenvalue weighted by atomic mass is 32.2. The van der Waals surface area contributed by atoms with Gasteiger partial charge in [0.1, 0.15) is 0 Å². The molecule has 0 amide bonds. The minimum atomic E-state index is 0.288. The Kier molecular flexibility index (Phi) is 3.43. The van der Waals surface area contributed by atoms with Gasteiger partial charge >= 0.3 is 0 Å². The number of thioether (sulfide) groups is 1. The molecule has 1 aromatic heterocycles. The SMILES string of the molecule is Cc1cc(C)nc(SCC2(CC(=N)N)CC2)c1. The monoisotopic (exact) mass is 249 g/mol. The number of pyridine rings is 1. The lowest BCUT2D eigenvalue weighted by atomic mass is 10.1. The van der Waals surface area contributed by atoms with Crippen molar-refractivity contribution in [3.8, 4) is 0 Å². The first-order valence-corrected chi connectivity index (χ1v) is 6.89. The van der Waals surface area contributed by atoms with Crippen molar-refractivity contribution in [2.24, 2.45) is 11.1 Å². The first kappa shape index (κ1) is 12.4. The number of aromatic nitrogens is 1. The maximum atomic E-state index is 7.39. The molecule has 0 saturated heterocycles. The maximum absolute atomic E-state index is 7.39. The molecule has 4 heteroatoms. The number of hydrogen-bond donors (Lipinski definition) is 2. The molecule has 1 saturated carbocycles. The van der Waals surface area contributed by atoms with E-state index in [0.717, 1.165) is 22.9 Å². The highest BCUT2D eigenvalue weighted by Gasteiger charge is 2.42. The summed E-state index contributed by atoms with van der Waals surface area (Å²) in [5.74, 6) is 1.35. The Bertz CT molecular complexity index is 418. The van der Waals surface area contributed by atoms with E-state index in [1.54, 1.807) is 11.8 Å². The summed E-state index contributed by atoms with van der Waals surface area (Å²) < 4.78 is 0. The molecule has 0 unspecified atom stereocenters. The third kappa shape index (κ3) is 3.46. The zero-order valence-electron chi connectivity index (χ0n) is 10.4. The van der Waals surface area contributed by atoms with Crippen LogP contribution in [0.2, 0.25) is 0 Å². The number of nitrogens with zero attached hydrogens (tertiary/aromatic N) is 1. The van der Waals surface area contributed by atoms with E-state index in [9.17, 15) is 0 Å². The summed E-state index contributed by atoms with van der Waals surface area (Å²) in [5.41, 5.74) is 8.12. The fraction of sp³-hybridized carbons (Fsp3) is 0.538. The average Bonchev–Trinajstić information content (AvgIpc) is 2.93. The van der Waals surface area contributed by atoms with Crippen LogP contribution in [0.25, 0.3) is 0 Å². The Labute approximate surface area is 107 Å². The lowest BCUT2D eigenvalue weighted by Gasteiger charge is -2.13. The van der Waals surface area contributed by atoms with Crippen LogP contribution in [0.3, 0.4) is 0 Å². The van der Waals surface area contributed by atoms with Gasteiger partial charge in [0, 0.05) is 17.9 Å². The van der Waals surface area contributed by atoms with E-state index in [1.807, 2.05) is 6.92 Å². The highest BCUT2D eigenvalue weighted by molar-refractivity contribution is 7.99. The molecule has 0 bridgehead atoms. The molecule has 1 fully saturated rings. The summed E-state index contributed by atoms with van der Waals surface area (Å²) in [6, 6.07) is 4.22. The summed E-state index contributed by atoms with van der Waals surface area (Å²) in [6.07, 6.45) is 3.14. The fourth-order valence-corrected chi connectivity index (χ4v) is 3.38. The normalized spacial score (nSPS) is 16.8. The molecule has 2 rings (SSSR count). The molecule has 92 valence electrons. The first-order chi connectivity index (χ1) is 7.99. The van der Waals surface area contributed by atoms with Crippen molar-refractivity contribution in [3.05, 3.63) is 23.4 Å². The van der Waals surface area contributed by atoms with Crippen molar-refractivity contribution in [2.45, 2.75) is 38.1 Å². The Morgan fingerprint density at radius 2 is 2.18 bits per heavy atom. The number of hydrogen-bond acceptors (Lipinski definition) is 3. The molecule has 1 aromatic rings. The van der Waals surface area contributed by atoms with Crippen LogP contribution >= 0.6 is 11.8 Å². The zero-order chi connectivity index (χ0) is 12.5. The van der Waals surface area contributed by atoms with Crippen LogP contribution in [0.4, 0.5) is 0 Å². The van der Waals surface area contributed by atoms with Gasteiger partial charge in [0.2, 0.25) is 0 Å². The molecule has 1 heterocycles. The second-order valence-electron chi connectivity index (χ2n) is 5.11. The Balaban J connectivity index is 1.96. The molecule has 0 spiro atoms. The van der Waals surface area contributed by atoms with Crippen LogP contribution in [0.15, 0.2) is 17.2 Å². The first-order valence-electron chi connectivity index (χ1n) is 5.90. The zero-order valence-corrected chi connectivity index (χ0v) is 11.2. The second-order valence-corrected chi connectivity index (χ2v) is 6.11. The summed E-state index contributed by atoms with van der Waals surface area (Å²) in [4.78, 5) is 4.52. The lowest BCUT2D eigenvalue weighted by molar-refractivity contribution is 0.611. The Morgan fingerprint density at radius 1 is 1.47 bits per heavy atom. The number of aryl methyl sites for hydroxylation is 2. The molecule has 3 N–H and O–H groups in total. The van der Waals surface area contributed by atoms with Gasteiger partial charge in [0.05, 0.1) is 10.9 Å². The topological polar surface area (TPSA) is 62.8 Å². The number of nitrogens with one attached hydrogen (secondary N) is 1. The third-order valence-electron chi connectivity index (χ3n) is 3.12. The fourth-order valence-electron chi connectivity index (χ4n) is 2.06. The van der Waals surface area contributed by atoms with Crippen LogP contribution in [0, 0.1) is 24.7 Å². The van der Waals surface area contributed by atoms with Gasteiger partial charge in [0.25, 0.3) is 0 Å². The van der Waals surface area contributed by atoms with Crippen LogP contribution in [-0.2, 0) is 0 Å². The van der Waals surface area contributed by atoms with E-state index in [4.69, 9.17) is 11.1 Å². The summed E-state index contributed by atoms with van der Waals surface area (Å²) in [6.45, 7) is 4.13. The molecule has 0 radical (unpaired) electrons. The number of rotatable bonds is 5. The Hall–Kier alpha value is -1.03. The van der Waals surface area contributed by atoms with Crippen LogP contribution in [-0.4, -0.2) is 16.6 Å². The van der Waals surface area contributed by atoms with E-state index >= 15 is 0 Å². The molecule has 0 atom stereocenters. The molecular formula is C13H19N3S. The average molecular weight is 249 g/mol. The summed E-state index contributed by atoms with van der Waals surface area (Å²) in [5, 5.41) is 8.49. The van der Waals surface area contributed by atoms with Crippen LogP contribution < -0.4 is 5.73 Å². The van der Waals surface area contributed by atoms with Crippen molar-refractivity contribution in [1.29, 1.82) is 5.41 Å². The van der Waals surface area contributed by atoms with Crippen molar-refractivity contribution < 1.29 is 0 Å². The van der Waals surface area contributed by atoms with Crippen LogP contribution in [0.5, 0.6) is 0 Å². The third-order valence-corrected chi connectivity index (χ3v) is 4.38. The van der Waals surface area contributed by atoms with Crippen LogP contribution in [0.1, 0.15) is 30.5 Å². The van der Waals surface area contributed by atoms with Gasteiger partial charge in [-0.25, -0.2) is 4.98 Å². The quantitative estimate of drug-likeness (QED) is 0.479. The van der Waals surface area contributed by atoms with Crippen molar-refractivity contribution in [1.82, 2.24) is 4.98 Å². The Morgan fingerprint density at radius 3 is 2.71 bits per heavy atom. The molecule has 17 heavy (non-hydrogen) atoms. The van der Waals surface area contributed by atoms with Crippen molar-refractivity contribution in [3.63, 3.8) is 0 Å². The van der Waals surface area contributed by atoms with Gasteiger partial charge in [-0.2, -0.15) is 0 Å². The van der Waals surface area contributed by atoms with Crippen molar-refractivity contribution >= 4 is 17.6 Å². The van der Waals surface area contributed by atoms with Crippen molar-refractivity contribution in [2.75, 3.05) is 5.75 Å². The lowest BCUT2D eigenvalue weighted by Crippen LogP contribution is -2.18. The summed E-state index contributed by atoms with van der Waals surface area (Å²) in [7, 11) is 0. The number of amidine groups is 1. The molecule has 1 aliphatic carbocycles. The predicted octanol–water partition coefficient (Wildman–Crippen LogP) is 2.90. The molecule has 0 aliphatic heterocycles. The smallest absolute Gasteiger partial charge is 0.0965 e. The van der Waals surface area contributed by atoms with Gasteiger partial charge in [-0.1, -0.05) is 0 Å². The second kappa shape index (κ2) is 4.69. The van der Waals surface area contributed by atoms with E-state index < -0.39 is 0 Å². The largest absolute Gasteiger partial charge is 0.388 e. The standard InChI is InChI=1S/C13H19N3S/c1-9-5-10(2)16-12(6-9)17-8-13(3-4-13)7-11(14)15/h5-6H,3-4,7-8H2,1-2H3,(H3,14,15). The van der Waals surface area contributed by atoms with E-state index in [2.05, 4.69) is 24.0 Å². The predicted molar refractivity (Wildman–Crippen MR) is 72.6 cm³/mol. The van der Waals surface area contributed by atoms with Gasteiger partial charge in [-0.05, 0) is 49.8 Å². The minimum absolute atomic E-state index is 0.288. The van der Waals surface area contributed by atoms with E-state index in [0.29, 0.717) is 5.84 Å². The van der Waals surface area contributed by atoms with E-state index in [1.165, 1.54) is 18.4 Å². The minimum Gasteiger partial charge on any atom is -0.388 e. The highest BCUT2D eigenvalue weighted by Crippen LogP contribution is 2.51. The summed E-state index contributed by atoms with van der Waals surface area (Å²) >= 11 is 1.80. The van der Waals surface area contributed by atoms with Gasteiger partial charge < -0.3 is 5.73 Å². The van der Waals surface area contributed by atoms with E-state index in [-0.39, 0.29) is 5.41 Å². The maximum Gasteiger partial charge on any atom is 0.0965 e. The molecule has 0 aromatic carbocycles.